The van der Waals surface area contributed by atoms with Gasteiger partial charge in [-0.1, -0.05) is 50.8 Å². The second-order valence-electron chi connectivity index (χ2n) is 16.9. The molecule has 3 aliphatic carbocycles. The fraction of sp³-hybridized carbons (Fsp3) is 0.419. The van der Waals surface area contributed by atoms with Crippen LogP contribution in [0.2, 0.25) is 0 Å². The number of fused-ring (bicyclic) bond motifs is 6. The fourth-order valence-electron chi connectivity index (χ4n) is 9.99. The molecular weight excluding hydrogens is 701 g/mol. The highest BCUT2D eigenvalue weighted by molar-refractivity contribution is 5.87. The van der Waals surface area contributed by atoms with Crippen molar-refractivity contribution in [3.05, 3.63) is 95.8 Å². The summed E-state index contributed by atoms with van der Waals surface area (Å²) in [5.74, 6) is -1.26. The van der Waals surface area contributed by atoms with E-state index in [0.717, 1.165) is 58.7 Å². The second-order valence-corrected chi connectivity index (χ2v) is 16.9. The molecule has 2 saturated carbocycles. The molecule has 12 heteroatoms. The van der Waals surface area contributed by atoms with Crippen LogP contribution in [0.5, 0.6) is 0 Å². The maximum atomic E-state index is 16.5. The number of carbonyl (C=O) groups excluding carboxylic acids is 1. The number of methoxy groups -OCH3 is 1. The topological polar surface area (TPSA) is 120 Å². The van der Waals surface area contributed by atoms with Crippen LogP contribution in [0.4, 0.5) is 13.6 Å². The third kappa shape index (κ3) is 5.38. The van der Waals surface area contributed by atoms with Gasteiger partial charge < -0.3 is 30.5 Å². The Balaban J connectivity index is 0.931. The molecule has 4 N–H and O–H groups in total. The molecule has 5 aromatic rings. The van der Waals surface area contributed by atoms with Gasteiger partial charge in [0.25, 0.3) is 5.92 Å². The van der Waals surface area contributed by atoms with E-state index < -0.39 is 12.0 Å². The summed E-state index contributed by atoms with van der Waals surface area (Å²) in [5, 5.41) is 18.3. The average molecular weight is 746 g/mol. The third-order valence-electron chi connectivity index (χ3n) is 13.2. The normalized spacial score (nSPS) is 24.4. The Morgan fingerprint density at radius 3 is 2.42 bits per heavy atom. The molecule has 2 saturated heterocycles. The van der Waals surface area contributed by atoms with Gasteiger partial charge in [-0.3, -0.25) is 0 Å². The van der Waals surface area contributed by atoms with Gasteiger partial charge in [0.15, 0.2) is 5.82 Å². The van der Waals surface area contributed by atoms with Gasteiger partial charge in [0.1, 0.15) is 11.5 Å². The first-order chi connectivity index (χ1) is 26.4. The lowest BCUT2D eigenvalue weighted by Crippen LogP contribution is -2.44. The Morgan fingerprint density at radius 2 is 1.75 bits per heavy atom. The lowest BCUT2D eigenvalue weighted by molar-refractivity contribution is 0.0480. The number of amides is 1. The SMILES string of the molecule is C=C([C@@H](NC(=O)OC)C(C)C)N1CC2(CC2)C[C@H]1c1ncc(-c2ccc3c(c2)C(F)(F)c2cc(-c4ccc5nc([C@H]6N[C@@H]7CC[C@H]6C7)[nH]c5c4)ccc2-3)n1O. The molecule has 5 aliphatic rings. The molecule has 284 valence electrons. The maximum absolute atomic E-state index is 16.5. The average Bonchev–Trinajstić information content (AvgIpc) is 3.79. The van der Waals surface area contributed by atoms with Gasteiger partial charge in [0, 0.05) is 35.0 Å². The summed E-state index contributed by atoms with van der Waals surface area (Å²) in [4.78, 5) is 27.4. The molecule has 10 rings (SSSR count). The number of aromatic amines is 1. The van der Waals surface area contributed by atoms with E-state index in [-0.39, 0.29) is 40.6 Å². The van der Waals surface area contributed by atoms with Crippen molar-refractivity contribution in [2.75, 3.05) is 13.7 Å². The first-order valence-corrected chi connectivity index (χ1v) is 19.4. The predicted octanol–water partition coefficient (Wildman–Crippen LogP) is 8.69. The predicted molar refractivity (Wildman–Crippen MR) is 204 cm³/mol. The van der Waals surface area contributed by atoms with Crippen LogP contribution < -0.4 is 10.6 Å². The molecule has 1 spiro atoms. The van der Waals surface area contributed by atoms with Crippen molar-refractivity contribution in [1.29, 1.82) is 0 Å². The van der Waals surface area contributed by atoms with Crippen LogP contribution in [0.25, 0.3) is 44.5 Å². The number of ether oxygens (including phenoxy) is 1. The Morgan fingerprint density at radius 1 is 1.04 bits per heavy atom. The van der Waals surface area contributed by atoms with E-state index >= 15 is 8.78 Å². The van der Waals surface area contributed by atoms with Crippen molar-refractivity contribution in [3.63, 3.8) is 0 Å². The third-order valence-corrected chi connectivity index (χ3v) is 13.2. The van der Waals surface area contributed by atoms with Crippen LogP contribution in [0, 0.1) is 17.3 Å². The minimum absolute atomic E-state index is 0.0306. The van der Waals surface area contributed by atoms with Crippen LogP contribution in [-0.2, 0) is 10.7 Å². The van der Waals surface area contributed by atoms with Gasteiger partial charge in [0.05, 0.1) is 42.5 Å². The van der Waals surface area contributed by atoms with Crippen molar-refractivity contribution < 1.29 is 23.5 Å². The Kier molecular flexibility index (Phi) is 7.56. The van der Waals surface area contributed by atoms with Crippen LogP contribution in [-0.4, -0.2) is 61.6 Å². The molecule has 2 bridgehead atoms. The minimum atomic E-state index is -3.25. The molecular formula is C43H45F2N7O3. The Bertz CT molecular complexity index is 2400. The van der Waals surface area contributed by atoms with Crippen molar-refractivity contribution >= 4 is 17.1 Å². The summed E-state index contributed by atoms with van der Waals surface area (Å²) in [5.41, 5.74) is 5.71. The van der Waals surface area contributed by atoms with Crippen LogP contribution in [0.1, 0.15) is 87.2 Å². The van der Waals surface area contributed by atoms with E-state index in [0.29, 0.717) is 45.7 Å². The Hall–Kier alpha value is -5.23. The number of H-pyrrole nitrogens is 1. The van der Waals surface area contributed by atoms with Gasteiger partial charge in [-0.25, -0.2) is 14.8 Å². The zero-order chi connectivity index (χ0) is 38.0. The molecule has 5 atom stereocenters. The van der Waals surface area contributed by atoms with Crippen molar-refractivity contribution in [3.8, 4) is 33.5 Å². The standard InChI is InChI=1S/C43H45F2N7O3/c1-22(2)37(50-41(53)55-4)23(3)51-21-42(13-14-42)19-35(51)40-46-20-36(52(40)54)26-7-11-30-29-10-6-24(16-31(29)43(44,45)32(30)17-26)25-8-12-33-34(18-25)49-39(48-33)38-27-5-9-28(15-27)47-38/h6-8,10-12,16-18,20,22,27-28,35,37-38,47,54H,3,5,9,13-15,19,21H2,1-2,4H3,(H,48,49)(H,50,53)/t27-,28+,35-,37-,38-/m0/s1. The number of halogens is 2. The molecule has 3 aromatic carbocycles. The number of carbonyl (C=O) groups is 1. The second kappa shape index (κ2) is 12.1. The molecule has 55 heavy (non-hydrogen) atoms. The number of hydrogen-bond donors (Lipinski definition) is 4. The van der Waals surface area contributed by atoms with Crippen LogP contribution in [0.15, 0.2) is 73.1 Å². The molecule has 0 radical (unpaired) electrons. The highest BCUT2D eigenvalue weighted by Gasteiger charge is 2.54. The fourth-order valence-corrected chi connectivity index (χ4v) is 9.99. The number of alkyl carbamates (subject to hydrolysis) is 1. The van der Waals surface area contributed by atoms with E-state index in [1.54, 1.807) is 30.5 Å². The summed E-state index contributed by atoms with van der Waals surface area (Å²) >= 11 is 0. The quantitative estimate of drug-likeness (QED) is 0.117. The van der Waals surface area contributed by atoms with E-state index in [1.807, 2.05) is 38.1 Å². The van der Waals surface area contributed by atoms with Gasteiger partial charge in [0.2, 0.25) is 0 Å². The van der Waals surface area contributed by atoms with E-state index in [4.69, 9.17) is 9.72 Å². The monoisotopic (exact) mass is 745 g/mol. The highest BCUT2D eigenvalue weighted by Crippen LogP contribution is 2.60. The first kappa shape index (κ1) is 34.3. The summed E-state index contributed by atoms with van der Waals surface area (Å²) < 4.78 is 38.9. The number of hydrogen-bond acceptors (Lipinski definition) is 7. The largest absolute Gasteiger partial charge is 0.453 e. The van der Waals surface area contributed by atoms with Crippen molar-refractivity contribution in [2.24, 2.45) is 17.3 Å². The van der Waals surface area contributed by atoms with Crippen LogP contribution in [0.3, 0.4) is 0 Å². The summed E-state index contributed by atoms with van der Waals surface area (Å²) in [6, 6.07) is 16.3. The maximum Gasteiger partial charge on any atom is 0.407 e. The number of likely N-dealkylation sites (tertiary alicyclic amines) is 1. The summed E-state index contributed by atoms with van der Waals surface area (Å²) in [6.07, 6.45) is 7.52. The van der Waals surface area contributed by atoms with Gasteiger partial charge in [-0.2, -0.15) is 13.5 Å². The number of piperidine rings is 1. The molecule has 2 aromatic heterocycles. The summed E-state index contributed by atoms with van der Waals surface area (Å²) in [7, 11) is 1.33. The van der Waals surface area contributed by atoms with Crippen molar-refractivity contribution in [2.45, 2.75) is 82.5 Å². The first-order valence-electron chi connectivity index (χ1n) is 19.4. The lowest BCUT2D eigenvalue weighted by Gasteiger charge is -2.34. The molecule has 0 unspecified atom stereocenters. The molecule has 4 heterocycles. The number of aromatic nitrogens is 4. The number of nitrogens with one attached hydrogen (secondary N) is 3. The minimum Gasteiger partial charge on any atom is -0.453 e. The molecule has 2 aliphatic heterocycles. The van der Waals surface area contributed by atoms with E-state index in [9.17, 15) is 10.0 Å². The number of imidazole rings is 2. The van der Waals surface area contributed by atoms with Gasteiger partial charge in [-0.15, -0.1) is 0 Å². The molecule has 4 fully saturated rings. The van der Waals surface area contributed by atoms with Crippen molar-refractivity contribution in [1.82, 2.24) is 35.2 Å². The zero-order valence-electron chi connectivity index (χ0n) is 31.2. The zero-order valence-corrected chi connectivity index (χ0v) is 31.2. The summed E-state index contributed by atoms with van der Waals surface area (Å²) in [6.45, 7) is 9.13. The van der Waals surface area contributed by atoms with Gasteiger partial charge in [-0.05, 0) is 102 Å². The smallest absolute Gasteiger partial charge is 0.407 e. The van der Waals surface area contributed by atoms with Gasteiger partial charge >= 0.3 is 6.09 Å². The number of rotatable bonds is 8. The van der Waals surface area contributed by atoms with E-state index in [2.05, 4.69) is 32.1 Å². The molecule has 10 nitrogen and oxygen atoms in total. The lowest BCUT2D eigenvalue weighted by atomic mass is 9.98. The van der Waals surface area contributed by atoms with Crippen LogP contribution >= 0.6 is 0 Å². The van der Waals surface area contributed by atoms with E-state index in [1.165, 1.54) is 32.4 Å². The number of nitrogens with zero attached hydrogens (tertiary/aromatic N) is 4. The number of alkyl halides is 2. The molecule has 1 amide bonds. The highest BCUT2D eigenvalue weighted by atomic mass is 19.3. The number of benzene rings is 3. The Labute approximate surface area is 318 Å².